The molecule has 0 saturated heterocycles. The lowest BCUT2D eigenvalue weighted by Gasteiger charge is -2.11. The van der Waals surface area contributed by atoms with Gasteiger partial charge in [-0.05, 0) is 49.2 Å². The summed E-state index contributed by atoms with van der Waals surface area (Å²) in [5, 5.41) is 3.65. The van der Waals surface area contributed by atoms with Crippen LogP contribution in [0, 0.1) is 13.8 Å². The van der Waals surface area contributed by atoms with Crippen LogP contribution in [0.4, 0.5) is 11.4 Å². The van der Waals surface area contributed by atoms with Crippen LogP contribution in [0.3, 0.4) is 0 Å². The van der Waals surface area contributed by atoms with Crippen molar-refractivity contribution in [1.29, 1.82) is 0 Å². The minimum Gasteiger partial charge on any atom is -0.398 e. The molecule has 0 aliphatic carbocycles. The number of rotatable bonds is 2. The summed E-state index contributed by atoms with van der Waals surface area (Å²) < 4.78 is 0. The second-order valence-corrected chi connectivity index (χ2v) is 5.51. The summed E-state index contributed by atoms with van der Waals surface area (Å²) in [4.78, 5) is 12.2. The summed E-state index contributed by atoms with van der Waals surface area (Å²) >= 11 is 11.8. The highest BCUT2D eigenvalue weighted by Gasteiger charge is 2.10. The van der Waals surface area contributed by atoms with E-state index in [0.29, 0.717) is 27.0 Å². The first-order valence-corrected chi connectivity index (χ1v) is 6.76. The number of amides is 1. The van der Waals surface area contributed by atoms with Gasteiger partial charge in [0.2, 0.25) is 0 Å². The highest BCUT2D eigenvalue weighted by atomic mass is 35.5. The fourth-order valence-electron chi connectivity index (χ4n) is 1.88. The quantitative estimate of drug-likeness (QED) is 0.806. The predicted octanol–water partition coefficient (Wildman–Crippen LogP) is 4.44. The van der Waals surface area contributed by atoms with E-state index in [-0.39, 0.29) is 5.91 Å². The molecule has 5 heteroatoms. The second-order valence-electron chi connectivity index (χ2n) is 4.64. The summed E-state index contributed by atoms with van der Waals surface area (Å²) in [5.74, 6) is -0.277. The number of aryl methyl sites for hydroxylation is 2. The maximum Gasteiger partial charge on any atom is 0.255 e. The third-order valence-corrected chi connectivity index (χ3v) is 3.42. The Morgan fingerprint density at radius 2 is 1.60 bits per heavy atom. The van der Waals surface area contributed by atoms with Gasteiger partial charge in [-0.3, -0.25) is 4.79 Å². The van der Waals surface area contributed by atoms with E-state index in [4.69, 9.17) is 28.9 Å². The normalized spacial score (nSPS) is 10.4. The number of anilines is 2. The molecule has 3 N–H and O–H groups in total. The summed E-state index contributed by atoms with van der Waals surface area (Å²) in [7, 11) is 0. The number of nitrogens with one attached hydrogen (secondary N) is 1. The zero-order valence-corrected chi connectivity index (χ0v) is 12.6. The molecule has 2 aromatic rings. The molecule has 104 valence electrons. The van der Waals surface area contributed by atoms with Crippen molar-refractivity contribution in [2.45, 2.75) is 13.8 Å². The van der Waals surface area contributed by atoms with Crippen molar-refractivity contribution in [3.8, 4) is 0 Å². The fraction of sp³-hybridized carbons (Fsp3) is 0.133. The smallest absolute Gasteiger partial charge is 0.255 e. The molecule has 1 amide bonds. The fourth-order valence-corrected chi connectivity index (χ4v) is 2.41. The Morgan fingerprint density at radius 3 is 2.20 bits per heavy atom. The third kappa shape index (κ3) is 3.24. The molecule has 3 nitrogen and oxygen atoms in total. The summed E-state index contributed by atoms with van der Waals surface area (Å²) in [6, 6.07) is 8.38. The lowest BCUT2D eigenvalue weighted by atomic mass is 10.1. The molecule has 0 spiro atoms. The molecule has 0 unspecified atom stereocenters. The summed E-state index contributed by atoms with van der Waals surface area (Å²) in [6.07, 6.45) is 0. The Bertz CT molecular complexity index is 664. The summed E-state index contributed by atoms with van der Waals surface area (Å²) in [5.41, 5.74) is 9.49. The first-order valence-electron chi connectivity index (χ1n) is 6.01. The van der Waals surface area contributed by atoms with E-state index in [1.165, 1.54) is 0 Å². The Labute approximate surface area is 127 Å². The van der Waals surface area contributed by atoms with Crippen molar-refractivity contribution in [2.24, 2.45) is 0 Å². The van der Waals surface area contributed by atoms with Gasteiger partial charge in [0.05, 0.1) is 0 Å². The van der Waals surface area contributed by atoms with Crippen LogP contribution < -0.4 is 11.1 Å². The lowest BCUT2D eigenvalue weighted by Crippen LogP contribution is -2.13. The highest BCUT2D eigenvalue weighted by Crippen LogP contribution is 2.24. The number of hydrogen-bond acceptors (Lipinski definition) is 2. The van der Waals surface area contributed by atoms with Gasteiger partial charge in [-0.25, -0.2) is 0 Å². The molecule has 0 aromatic heterocycles. The van der Waals surface area contributed by atoms with Crippen LogP contribution in [0.25, 0.3) is 0 Å². The van der Waals surface area contributed by atoms with Gasteiger partial charge in [-0.15, -0.1) is 0 Å². The minimum atomic E-state index is -0.277. The van der Waals surface area contributed by atoms with Crippen molar-refractivity contribution in [2.75, 3.05) is 11.1 Å². The van der Waals surface area contributed by atoms with Gasteiger partial charge in [-0.1, -0.05) is 29.3 Å². The van der Waals surface area contributed by atoms with Crippen LogP contribution in [-0.4, -0.2) is 5.91 Å². The van der Waals surface area contributed by atoms with Gasteiger partial charge in [0.15, 0.2) is 0 Å². The number of halogens is 2. The molecule has 0 saturated carbocycles. The number of nitrogens with two attached hydrogens (primary N) is 1. The van der Waals surface area contributed by atoms with Gasteiger partial charge < -0.3 is 11.1 Å². The van der Waals surface area contributed by atoms with Gasteiger partial charge in [-0.2, -0.15) is 0 Å². The van der Waals surface area contributed by atoms with E-state index < -0.39 is 0 Å². The van der Waals surface area contributed by atoms with E-state index in [9.17, 15) is 4.79 Å². The molecule has 2 rings (SSSR count). The van der Waals surface area contributed by atoms with E-state index in [1.54, 1.807) is 24.3 Å². The van der Waals surface area contributed by atoms with Gasteiger partial charge in [0, 0.05) is 27.0 Å². The first-order chi connectivity index (χ1) is 9.36. The Morgan fingerprint density at radius 1 is 1.00 bits per heavy atom. The number of nitrogen functional groups attached to an aromatic ring is 1. The highest BCUT2D eigenvalue weighted by molar-refractivity contribution is 6.35. The SMILES string of the molecule is Cc1cc(C)c(NC(=O)c2cc(Cl)cc(Cl)c2)cc1N. The van der Waals surface area contributed by atoms with Crippen molar-refractivity contribution >= 4 is 40.5 Å². The predicted molar refractivity (Wildman–Crippen MR) is 84.7 cm³/mol. The molecule has 0 radical (unpaired) electrons. The van der Waals surface area contributed by atoms with Crippen LogP contribution in [0.1, 0.15) is 21.5 Å². The molecule has 0 aliphatic rings. The number of benzene rings is 2. The maximum absolute atomic E-state index is 12.2. The van der Waals surface area contributed by atoms with Crippen molar-refractivity contribution in [1.82, 2.24) is 0 Å². The second kappa shape index (κ2) is 5.73. The molecule has 0 heterocycles. The van der Waals surface area contributed by atoms with E-state index in [1.807, 2.05) is 19.9 Å². The largest absolute Gasteiger partial charge is 0.398 e. The molecule has 0 bridgehead atoms. The topological polar surface area (TPSA) is 55.1 Å². The Kier molecular flexibility index (Phi) is 4.21. The van der Waals surface area contributed by atoms with Crippen LogP contribution in [0.2, 0.25) is 10.0 Å². The monoisotopic (exact) mass is 308 g/mol. The van der Waals surface area contributed by atoms with E-state index in [0.717, 1.165) is 11.1 Å². The third-order valence-electron chi connectivity index (χ3n) is 2.99. The zero-order valence-electron chi connectivity index (χ0n) is 11.1. The molecule has 2 aromatic carbocycles. The van der Waals surface area contributed by atoms with Gasteiger partial charge >= 0.3 is 0 Å². The number of carbonyl (C=O) groups excluding carboxylic acids is 1. The lowest BCUT2D eigenvalue weighted by molar-refractivity contribution is 0.102. The van der Waals surface area contributed by atoms with Gasteiger partial charge in [0.25, 0.3) is 5.91 Å². The minimum absolute atomic E-state index is 0.277. The number of hydrogen-bond donors (Lipinski definition) is 2. The van der Waals surface area contributed by atoms with Crippen LogP contribution in [0.15, 0.2) is 30.3 Å². The number of carbonyl (C=O) groups is 1. The molecule has 0 fully saturated rings. The van der Waals surface area contributed by atoms with Crippen LogP contribution >= 0.6 is 23.2 Å². The van der Waals surface area contributed by atoms with Gasteiger partial charge in [0.1, 0.15) is 0 Å². The average molecular weight is 309 g/mol. The van der Waals surface area contributed by atoms with Crippen molar-refractivity contribution in [3.63, 3.8) is 0 Å². The first kappa shape index (κ1) is 14.7. The van der Waals surface area contributed by atoms with Crippen LogP contribution in [0.5, 0.6) is 0 Å². The Hall–Kier alpha value is -1.71. The molecular weight excluding hydrogens is 295 g/mol. The van der Waals surface area contributed by atoms with E-state index >= 15 is 0 Å². The maximum atomic E-state index is 12.2. The average Bonchev–Trinajstić information content (AvgIpc) is 2.34. The van der Waals surface area contributed by atoms with Crippen LogP contribution in [-0.2, 0) is 0 Å². The molecule has 0 atom stereocenters. The molecular formula is C15H14Cl2N2O. The molecule has 0 aliphatic heterocycles. The van der Waals surface area contributed by atoms with E-state index in [2.05, 4.69) is 5.32 Å². The zero-order chi connectivity index (χ0) is 14.9. The van der Waals surface area contributed by atoms with Crippen molar-refractivity contribution in [3.05, 3.63) is 57.1 Å². The standard InChI is InChI=1S/C15H14Cl2N2O/c1-8-3-9(2)14(7-13(8)18)19-15(20)10-4-11(16)6-12(17)5-10/h3-7H,18H2,1-2H3,(H,19,20). The summed E-state index contributed by atoms with van der Waals surface area (Å²) in [6.45, 7) is 3.83. The molecule has 20 heavy (non-hydrogen) atoms. The Balaban J connectivity index is 2.30. The van der Waals surface area contributed by atoms with Crippen molar-refractivity contribution < 1.29 is 4.79 Å².